The predicted molar refractivity (Wildman–Crippen MR) is 38.2 cm³/mol. The molecule has 0 nitrogen and oxygen atoms in total. The molecule has 1 rings (SSSR count). The monoisotopic (exact) mass is 118 g/mol. The van der Waals surface area contributed by atoms with Crippen molar-refractivity contribution in [1.82, 2.24) is 0 Å². The summed E-state index contributed by atoms with van der Waals surface area (Å²) in [6.45, 7) is 4.30. The maximum atomic E-state index is 3.04. The van der Waals surface area contributed by atoms with Crippen LogP contribution in [-0.4, -0.2) is 0 Å². The fraction of sp³-hybridized carbons (Fsp3) is 0.333. The average molecular weight is 118 g/mol. The van der Waals surface area contributed by atoms with E-state index in [1.165, 1.54) is 5.56 Å². The number of hydrogen-bond donors (Lipinski definition) is 0. The van der Waals surface area contributed by atoms with Crippen molar-refractivity contribution in [2.45, 2.75) is 19.8 Å². The summed E-state index contributed by atoms with van der Waals surface area (Å²) in [7, 11) is 0. The molecule has 0 spiro atoms. The molecule has 0 aliphatic carbocycles. The van der Waals surface area contributed by atoms with Gasteiger partial charge in [-0.3, -0.25) is 0 Å². The summed E-state index contributed by atoms with van der Waals surface area (Å²) < 4.78 is 0. The first-order valence-corrected chi connectivity index (χ1v) is 3.19. The topological polar surface area (TPSA) is 0 Å². The van der Waals surface area contributed by atoms with Gasteiger partial charge in [0.2, 0.25) is 0 Å². The third-order valence-corrected chi connectivity index (χ3v) is 1.29. The van der Waals surface area contributed by atoms with Crippen LogP contribution in [0.25, 0.3) is 0 Å². The van der Waals surface area contributed by atoms with E-state index in [9.17, 15) is 0 Å². The molecule has 0 unspecified atom stereocenters. The average Bonchev–Trinajstić information content (AvgIpc) is 1.90. The summed E-state index contributed by atoms with van der Waals surface area (Å²) in [5.41, 5.74) is 1.23. The highest BCUT2D eigenvalue weighted by atomic mass is 14.0. The molecule has 0 saturated carbocycles. The SMILES string of the molecule is CC(C)c1[c][c]ccc1. The Kier molecular flexibility index (Phi) is 1.88. The lowest BCUT2D eigenvalue weighted by atomic mass is 10.0. The zero-order chi connectivity index (χ0) is 6.69. The molecule has 0 aromatic heterocycles. The van der Waals surface area contributed by atoms with Crippen LogP contribution in [0.2, 0.25) is 0 Å². The summed E-state index contributed by atoms with van der Waals surface area (Å²) in [5.74, 6) is 0.572. The molecule has 0 aliphatic heterocycles. The van der Waals surface area contributed by atoms with E-state index in [4.69, 9.17) is 0 Å². The molecule has 1 aromatic carbocycles. The van der Waals surface area contributed by atoms with Crippen molar-refractivity contribution in [3.05, 3.63) is 35.9 Å². The molecule has 0 bridgehead atoms. The van der Waals surface area contributed by atoms with E-state index in [0.717, 1.165) is 0 Å². The van der Waals surface area contributed by atoms with Crippen LogP contribution in [0.15, 0.2) is 18.2 Å². The Balaban J connectivity index is 2.85. The zero-order valence-electron chi connectivity index (χ0n) is 5.81. The molecule has 0 atom stereocenters. The molecule has 0 amide bonds. The Labute approximate surface area is 56.5 Å². The van der Waals surface area contributed by atoms with Crippen LogP contribution in [0, 0.1) is 12.1 Å². The van der Waals surface area contributed by atoms with E-state index in [2.05, 4.69) is 32.0 Å². The molecule has 0 N–H and O–H groups in total. The summed E-state index contributed by atoms with van der Waals surface area (Å²) in [5, 5.41) is 0. The quantitative estimate of drug-likeness (QED) is 0.531. The van der Waals surface area contributed by atoms with Crippen molar-refractivity contribution in [2.75, 3.05) is 0 Å². The first kappa shape index (κ1) is 6.34. The van der Waals surface area contributed by atoms with Gasteiger partial charge >= 0.3 is 0 Å². The van der Waals surface area contributed by atoms with Crippen molar-refractivity contribution >= 4 is 0 Å². The van der Waals surface area contributed by atoms with Crippen LogP contribution >= 0.6 is 0 Å². The van der Waals surface area contributed by atoms with Gasteiger partial charge in [0.1, 0.15) is 0 Å². The third kappa shape index (κ3) is 1.56. The highest BCUT2D eigenvalue weighted by Crippen LogP contribution is 2.10. The van der Waals surface area contributed by atoms with Gasteiger partial charge in [-0.15, -0.1) is 0 Å². The van der Waals surface area contributed by atoms with E-state index < -0.39 is 0 Å². The number of rotatable bonds is 1. The highest BCUT2D eigenvalue weighted by Gasteiger charge is 1.94. The van der Waals surface area contributed by atoms with Crippen molar-refractivity contribution in [3.8, 4) is 0 Å². The molecule has 1 aromatic rings. The van der Waals surface area contributed by atoms with Crippen LogP contribution in [0.3, 0.4) is 0 Å². The first-order valence-electron chi connectivity index (χ1n) is 3.19. The fourth-order valence-corrected chi connectivity index (χ4v) is 0.703. The minimum atomic E-state index is 0.572. The van der Waals surface area contributed by atoms with Gasteiger partial charge in [-0.05, 0) is 23.6 Å². The zero-order valence-corrected chi connectivity index (χ0v) is 5.81. The Morgan fingerprint density at radius 1 is 1.44 bits per heavy atom. The van der Waals surface area contributed by atoms with Crippen molar-refractivity contribution < 1.29 is 0 Å². The van der Waals surface area contributed by atoms with Crippen LogP contribution in [0.1, 0.15) is 25.3 Å². The standard InChI is InChI=1S/C9H10/c1-8(2)9-6-4-3-5-7-9/h3-4,6,8H,1-2H3. The van der Waals surface area contributed by atoms with E-state index in [1.54, 1.807) is 0 Å². The Hall–Kier alpha value is -0.780. The van der Waals surface area contributed by atoms with Gasteiger partial charge in [0.15, 0.2) is 0 Å². The second kappa shape index (κ2) is 2.67. The summed E-state index contributed by atoms with van der Waals surface area (Å²) in [4.78, 5) is 0. The fourth-order valence-electron chi connectivity index (χ4n) is 0.703. The summed E-state index contributed by atoms with van der Waals surface area (Å²) in [6.07, 6.45) is 0. The largest absolute Gasteiger partial charge is 0.0613 e. The number of hydrogen-bond acceptors (Lipinski definition) is 0. The summed E-state index contributed by atoms with van der Waals surface area (Å²) >= 11 is 0. The molecule has 9 heavy (non-hydrogen) atoms. The van der Waals surface area contributed by atoms with E-state index >= 15 is 0 Å². The molecule has 0 aliphatic rings. The Morgan fingerprint density at radius 2 is 2.22 bits per heavy atom. The van der Waals surface area contributed by atoms with Crippen molar-refractivity contribution in [1.29, 1.82) is 0 Å². The number of benzene rings is 1. The lowest BCUT2D eigenvalue weighted by Crippen LogP contribution is -1.84. The molecular formula is C9H10. The van der Waals surface area contributed by atoms with Gasteiger partial charge in [-0.2, -0.15) is 0 Å². The molecule has 0 fully saturated rings. The van der Waals surface area contributed by atoms with Gasteiger partial charge in [-0.1, -0.05) is 32.0 Å². The lowest BCUT2D eigenvalue weighted by molar-refractivity contribution is 0.864. The highest BCUT2D eigenvalue weighted by molar-refractivity contribution is 5.15. The van der Waals surface area contributed by atoms with Crippen LogP contribution < -0.4 is 0 Å². The Morgan fingerprint density at radius 3 is 2.56 bits per heavy atom. The maximum absolute atomic E-state index is 3.04. The van der Waals surface area contributed by atoms with Crippen LogP contribution in [0.4, 0.5) is 0 Å². The second-order valence-electron chi connectivity index (χ2n) is 2.41. The third-order valence-electron chi connectivity index (χ3n) is 1.29. The van der Waals surface area contributed by atoms with Gasteiger partial charge in [-0.25, -0.2) is 0 Å². The maximum Gasteiger partial charge on any atom is -0.00614 e. The van der Waals surface area contributed by atoms with E-state index in [0.29, 0.717) is 5.92 Å². The van der Waals surface area contributed by atoms with Gasteiger partial charge in [0.05, 0.1) is 0 Å². The molecule has 46 valence electrons. The van der Waals surface area contributed by atoms with Crippen LogP contribution in [-0.2, 0) is 0 Å². The molecular weight excluding hydrogens is 108 g/mol. The van der Waals surface area contributed by atoms with Gasteiger partial charge in [0, 0.05) is 0 Å². The van der Waals surface area contributed by atoms with Crippen molar-refractivity contribution in [2.24, 2.45) is 0 Å². The van der Waals surface area contributed by atoms with Gasteiger partial charge < -0.3 is 0 Å². The first-order chi connectivity index (χ1) is 4.30. The second-order valence-corrected chi connectivity index (χ2v) is 2.41. The van der Waals surface area contributed by atoms with Gasteiger partial charge in [0.25, 0.3) is 0 Å². The smallest absolute Gasteiger partial charge is 0.00614 e. The molecule has 0 saturated heterocycles. The predicted octanol–water partition coefficient (Wildman–Crippen LogP) is 2.41. The van der Waals surface area contributed by atoms with Crippen molar-refractivity contribution in [3.63, 3.8) is 0 Å². The molecule has 0 heteroatoms. The molecule has 2 radical (unpaired) electrons. The van der Waals surface area contributed by atoms with E-state index in [-0.39, 0.29) is 0 Å². The minimum Gasteiger partial charge on any atom is -0.0613 e. The molecule has 0 heterocycles. The Bertz CT molecular complexity index is 163. The lowest BCUT2D eigenvalue weighted by Gasteiger charge is -2.00. The van der Waals surface area contributed by atoms with Crippen LogP contribution in [0.5, 0.6) is 0 Å². The minimum absolute atomic E-state index is 0.572. The van der Waals surface area contributed by atoms with E-state index in [1.807, 2.05) is 12.1 Å². The summed E-state index contributed by atoms with van der Waals surface area (Å²) in [6, 6.07) is 11.9. The normalized spacial score (nSPS) is 10.1.